The number of likely N-dealkylation sites (tertiary alicyclic amines) is 1. The zero-order valence-electron chi connectivity index (χ0n) is 13.1. The first-order valence-corrected chi connectivity index (χ1v) is 9.01. The van der Waals surface area contributed by atoms with E-state index in [2.05, 4.69) is 21.9 Å². The summed E-state index contributed by atoms with van der Waals surface area (Å²) in [4.78, 5) is 2.41. The van der Waals surface area contributed by atoms with Gasteiger partial charge in [0, 0.05) is 20.1 Å². The first-order chi connectivity index (χ1) is 9.49. The fourth-order valence-corrected chi connectivity index (χ4v) is 3.47. The van der Waals surface area contributed by atoms with Crippen molar-refractivity contribution in [1.82, 2.24) is 19.2 Å². The van der Waals surface area contributed by atoms with Crippen LogP contribution in [0.2, 0.25) is 0 Å². The van der Waals surface area contributed by atoms with Crippen LogP contribution in [0.4, 0.5) is 0 Å². The maximum absolute atomic E-state index is 12.1. The topological polar surface area (TPSA) is 64.7 Å². The zero-order chi connectivity index (χ0) is 15.0. The summed E-state index contributed by atoms with van der Waals surface area (Å²) in [5.74, 6) is 0.471. The van der Waals surface area contributed by atoms with Crippen LogP contribution in [0.15, 0.2) is 0 Å². The highest BCUT2D eigenvalue weighted by Gasteiger charge is 2.22. The highest BCUT2D eigenvalue weighted by atomic mass is 32.2. The molecular weight excluding hydrogens is 276 g/mol. The average molecular weight is 306 g/mol. The van der Waals surface area contributed by atoms with Crippen molar-refractivity contribution in [2.75, 3.05) is 53.4 Å². The molecule has 0 aromatic carbocycles. The van der Waals surface area contributed by atoms with Crippen LogP contribution in [0.1, 0.15) is 26.2 Å². The molecule has 0 spiro atoms. The van der Waals surface area contributed by atoms with Crippen LogP contribution in [0, 0.1) is 5.92 Å². The van der Waals surface area contributed by atoms with Crippen molar-refractivity contribution in [3.05, 3.63) is 0 Å². The number of hydrogen-bond donors (Lipinski definition) is 2. The Hall–Kier alpha value is -0.210. The SMILES string of the molecule is CCN1CCC(CNS(=O)(=O)N(C)CCCNC)CC1. The van der Waals surface area contributed by atoms with Gasteiger partial charge in [0.2, 0.25) is 0 Å². The van der Waals surface area contributed by atoms with Gasteiger partial charge in [0.15, 0.2) is 0 Å². The molecule has 0 aromatic heterocycles. The summed E-state index contributed by atoms with van der Waals surface area (Å²) in [5.41, 5.74) is 0. The molecule has 0 saturated carbocycles. The van der Waals surface area contributed by atoms with Crippen LogP contribution in [0.3, 0.4) is 0 Å². The molecule has 0 amide bonds. The maximum Gasteiger partial charge on any atom is 0.279 e. The molecule has 1 fully saturated rings. The van der Waals surface area contributed by atoms with E-state index in [0.717, 1.165) is 45.4 Å². The summed E-state index contributed by atoms with van der Waals surface area (Å²) in [6, 6.07) is 0. The fourth-order valence-electron chi connectivity index (χ4n) is 2.44. The smallest absolute Gasteiger partial charge is 0.279 e. The minimum atomic E-state index is -3.32. The lowest BCUT2D eigenvalue weighted by atomic mass is 9.97. The molecule has 0 unspecified atom stereocenters. The standard InChI is InChI=1S/C13H30N4O2S/c1-4-17-10-6-13(7-11-17)12-15-20(18,19)16(3)9-5-8-14-2/h13-15H,4-12H2,1-3H3. The van der Waals surface area contributed by atoms with Crippen LogP contribution in [0.25, 0.3) is 0 Å². The van der Waals surface area contributed by atoms with Crippen molar-refractivity contribution in [2.24, 2.45) is 5.92 Å². The highest BCUT2D eigenvalue weighted by Crippen LogP contribution is 2.16. The van der Waals surface area contributed by atoms with Gasteiger partial charge in [-0.25, -0.2) is 4.72 Å². The molecule has 1 rings (SSSR count). The Labute approximate surface area is 124 Å². The molecule has 1 aliphatic heterocycles. The second-order valence-corrected chi connectivity index (χ2v) is 7.37. The number of nitrogens with zero attached hydrogens (tertiary/aromatic N) is 2. The van der Waals surface area contributed by atoms with E-state index in [1.807, 2.05) is 7.05 Å². The summed E-state index contributed by atoms with van der Waals surface area (Å²) in [6.07, 6.45) is 2.99. The van der Waals surface area contributed by atoms with Gasteiger partial charge < -0.3 is 10.2 Å². The molecule has 0 atom stereocenters. The molecule has 1 heterocycles. The maximum atomic E-state index is 12.1. The minimum Gasteiger partial charge on any atom is -0.320 e. The van der Waals surface area contributed by atoms with Crippen molar-refractivity contribution in [1.29, 1.82) is 0 Å². The van der Waals surface area contributed by atoms with E-state index in [-0.39, 0.29) is 0 Å². The van der Waals surface area contributed by atoms with E-state index in [0.29, 0.717) is 19.0 Å². The Morgan fingerprint density at radius 1 is 1.30 bits per heavy atom. The summed E-state index contributed by atoms with van der Waals surface area (Å²) in [7, 11) is 0.190. The summed E-state index contributed by atoms with van der Waals surface area (Å²) < 4.78 is 28.3. The van der Waals surface area contributed by atoms with Crippen molar-refractivity contribution in [2.45, 2.75) is 26.2 Å². The summed E-state index contributed by atoms with van der Waals surface area (Å²) in [6.45, 7) is 7.37. The average Bonchev–Trinajstić information content (AvgIpc) is 2.46. The molecule has 0 aliphatic carbocycles. The van der Waals surface area contributed by atoms with Gasteiger partial charge in [-0.15, -0.1) is 0 Å². The Morgan fingerprint density at radius 2 is 1.95 bits per heavy atom. The molecular formula is C13H30N4O2S. The Bertz CT molecular complexity index is 353. The lowest BCUT2D eigenvalue weighted by Crippen LogP contribution is -2.43. The third-order valence-corrected chi connectivity index (χ3v) is 5.55. The molecule has 20 heavy (non-hydrogen) atoms. The van der Waals surface area contributed by atoms with Crippen LogP contribution in [0.5, 0.6) is 0 Å². The molecule has 0 bridgehead atoms. The van der Waals surface area contributed by atoms with Gasteiger partial charge in [0.05, 0.1) is 0 Å². The highest BCUT2D eigenvalue weighted by molar-refractivity contribution is 7.87. The lowest BCUT2D eigenvalue weighted by Gasteiger charge is -2.31. The second kappa shape index (κ2) is 8.94. The van der Waals surface area contributed by atoms with Crippen LogP contribution < -0.4 is 10.0 Å². The number of piperidine rings is 1. The zero-order valence-corrected chi connectivity index (χ0v) is 13.9. The van der Waals surface area contributed by atoms with Gasteiger partial charge in [-0.3, -0.25) is 0 Å². The van der Waals surface area contributed by atoms with E-state index in [1.165, 1.54) is 4.31 Å². The van der Waals surface area contributed by atoms with E-state index in [1.54, 1.807) is 7.05 Å². The molecule has 120 valence electrons. The van der Waals surface area contributed by atoms with Gasteiger partial charge in [-0.1, -0.05) is 6.92 Å². The molecule has 7 heteroatoms. The third-order valence-electron chi connectivity index (χ3n) is 4.02. The van der Waals surface area contributed by atoms with Crippen molar-refractivity contribution < 1.29 is 8.42 Å². The van der Waals surface area contributed by atoms with Crippen LogP contribution in [-0.4, -0.2) is 71.0 Å². The third kappa shape index (κ3) is 6.05. The fraction of sp³-hybridized carbons (Fsp3) is 1.00. The molecule has 1 saturated heterocycles. The van der Waals surface area contributed by atoms with Crippen molar-refractivity contribution in [3.63, 3.8) is 0 Å². The van der Waals surface area contributed by atoms with E-state index >= 15 is 0 Å². The lowest BCUT2D eigenvalue weighted by molar-refractivity contribution is 0.193. The van der Waals surface area contributed by atoms with Crippen molar-refractivity contribution in [3.8, 4) is 0 Å². The van der Waals surface area contributed by atoms with E-state index in [4.69, 9.17) is 0 Å². The van der Waals surface area contributed by atoms with Crippen LogP contribution in [-0.2, 0) is 10.2 Å². The predicted octanol–water partition coefficient (Wildman–Crippen LogP) is 0.0940. The molecule has 0 aromatic rings. The second-order valence-electron chi connectivity index (χ2n) is 5.51. The predicted molar refractivity (Wildman–Crippen MR) is 82.9 cm³/mol. The van der Waals surface area contributed by atoms with E-state index < -0.39 is 10.2 Å². The first-order valence-electron chi connectivity index (χ1n) is 7.57. The monoisotopic (exact) mass is 306 g/mol. The van der Waals surface area contributed by atoms with Gasteiger partial charge >= 0.3 is 0 Å². The molecule has 6 nitrogen and oxygen atoms in total. The number of nitrogens with one attached hydrogen (secondary N) is 2. The quantitative estimate of drug-likeness (QED) is 0.593. The van der Waals surface area contributed by atoms with Gasteiger partial charge in [0.25, 0.3) is 10.2 Å². The Kier molecular flexibility index (Phi) is 7.98. The molecule has 2 N–H and O–H groups in total. The van der Waals surface area contributed by atoms with Crippen molar-refractivity contribution >= 4 is 10.2 Å². The van der Waals surface area contributed by atoms with Gasteiger partial charge in [-0.05, 0) is 58.4 Å². The Morgan fingerprint density at radius 3 is 2.50 bits per heavy atom. The minimum absolute atomic E-state index is 0.471. The molecule has 1 aliphatic rings. The number of hydrogen-bond acceptors (Lipinski definition) is 4. The Balaban J connectivity index is 2.28. The normalized spacial score (nSPS) is 18.8. The van der Waals surface area contributed by atoms with Gasteiger partial charge in [0.1, 0.15) is 0 Å². The van der Waals surface area contributed by atoms with Crippen LogP contribution >= 0.6 is 0 Å². The van der Waals surface area contributed by atoms with E-state index in [9.17, 15) is 8.42 Å². The molecule has 0 radical (unpaired) electrons. The first kappa shape index (κ1) is 17.8. The largest absolute Gasteiger partial charge is 0.320 e. The summed E-state index contributed by atoms with van der Waals surface area (Å²) >= 11 is 0. The number of rotatable bonds is 9. The summed E-state index contributed by atoms with van der Waals surface area (Å²) in [5, 5.41) is 3.02. The van der Waals surface area contributed by atoms with Gasteiger partial charge in [-0.2, -0.15) is 12.7 Å².